The molecule has 6 nitrogen and oxygen atoms in total. The van der Waals surface area contributed by atoms with Crippen molar-refractivity contribution in [3.05, 3.63) is 77.4 Å². The number of methoxy groups -OCH3 is 1. The Kier molecular flexibility index (Phi) is 6.36. The second-order valence-corrected chi connectivity index (χ2v) is 9.36. The van der Waals surface area contributed by atoms with Crippen molar-refractivity contribution < 1.29 is 23.1 Å². The molecule has 0 radical (unpaired) electrons. The van der Waals surface area contributed by atoms with E-state index in [9.17, 15) is 18.3 Å². The van der Waals surface area contributed by atoms with Gasteiger partial charge in [0, 0.05) is 11.3 Å². The van der Waals surface area contributed by atoms with Crippen LogP contribution in [0.5, 0.6) is 11.5 Å². The van der Waals surface area contributed by atoms with Crippen molar-refractivity contribution in [2.45, 2.75) is 36.5 Å². The van der Waals surface area contributed by atoms with E-state index in [1.165, 1.54) is 19.2 Å². The Morgan fingerprint density at radius 3 is 2.19 bits per heavy atom. The third-order valence-electron chi connectivity index (χ3n) is 5.08. The molecular weight excluding hydrogens is 414 g/mol. The fraction of sp³-hybridized carbons (Fsp3) is 0.208. The van der Waals surface area contributed by atoms with Crippen LogP contribution in [-0.2, 0) is 9.84 Å². The minimum atomic E-state index is -4.01. The number of phenolic OH excluding ortho intramolecular Hbond substituents is 1. The van der Waals surface area contributed by atoms with Gasteiger partial charge in [-0.2, -0.15) is 0 Å². The summed E-state index contributed by atoms with van der Waals surface area (Å²) in [6.45, 7) is 5.26. The summed E-state index contributed by atoms with van der Waals surface area (Å²) in [4.78, 5) is 12.7. The zero-order valence-corrected chi connectivity index (χ0v) is 18.7. The Balaban J connectivity index is 2.12. The lowest BCUT2D eigenvalue weighted by molar-refractivity contribution is 0.102. The molecule has 0 saturated carbocycles. The first-order chi connectivity index (χ1) is 14.7. The molecule has 0 spiro atoms. The number of amides is 1. The second kappa shape index (κ2) is 8.81. The lowest BCUT2D eigenvalue weighted by atomic mass is 9.99. The van der Waals surface area contributed by atoms with Crippen molar-refractivity contribution in [2.24, 2.45) is 0 Å². The average Bonchev–Trinajstić information content (AvgIpc) is 2.76. The van der Waals surface area contributed by atoms with E-state index in [-0.39, 0.29) is 27.0 Å². The normalized spacial score (nSPS) is 11.4. The topological polar surface area (TPSA) is 92.7 Å². The highest BCUT2D eigenvalue weighted by Gasteiger charge is 2.29. The first-order valence-corrected chi connectivity index (χ1v) is 11.3. The molecule has 7 heteroatoms. The Labute approximate surface area is 182 Å². The molecule has 0 saturated heterocycles. The third-order valence-corrected chi connectivity index (χ3v) is 7.01. The summed E-state index contributed by atoms with van der Waals surface area (Å²) in [6, 6.07) is 16.1. The van der Waals surface area contributed by atoms with Crippen molar-refractivity contribution >= 4 is 21.4 Å². The highest BCUT2D eigenvalue weighted by molar-refractivity contribution is 7.91. The van der Waals surface area contributed by atoms with Crippen LogP contribution in [0.3, 0.4) is 0 Å². The lowest BCUT2D eigenvalue weighted by Crippen LogP contribution is -2.15. The van der Waals surface area contributed by atoms with Crippen molar-refractivity contribution in [1.82, 2.24) is 0 Å². The van der Waals surface area contributed by atoms with Gasteiger partial charge in [0.2, 0.25) is 9.84 Å². The van der Waals surface area contributed by atoms with Gasteiger partial charge < -0.3 is 15.2 Å². The van der Waals surface area contributed by atoms with E-state index in [2.05, 4.69) is 5.32 Å². The molecule has 0 aliphatic heterocycles. The first kappa shape index (κ1) is 22.4. The maximum Gasteiger partial charge on any atom is 0.255 e. The number of phenols is 1. The number of rotatable bonds is 6. The van der Waals surface area contributed by atoms with Crippen LogP contribution in [0.2, 0.25) is 0 Å². The van der Waals surface area contributed by atoms with E-state index in [0.717, 1.165) is 0 Å². The van der Waals surface area contributed by atoms with Gasteiger partial charge in [0.05, 0.1) is 12.0 Å². The zero-order valence-electron chi connectivity index (χ0n) is 17.8. The van der Waals surface area contributed by atoms with E-state index >= 15 is 0 Å². The van der Waals surface area contributed by atoms with Crippen molar-refractivity contribution in [3.63, 3.8) is 0 Å². The van der Waals surface area contributed by atoms with Gasteiger partial charge in [0.1, 0.15) is 16.4 Å². The quantitative estimate of drug-likeness (QED) is 0.532. The molecule has 1 amide bonds. The minimum absolute atomic E-state index is 0.0711. The molecule has 0 fully saturated rings. The molecule has 0 heterocycles. The molecule has 0 atom stereocenters. The molecule has 162 valence electrons. The molecule has 3 rings (SSSR count). The third kappa shape index (κ3) is 4.41. The number of hydrogen-bond acceptors (Lipinski definition) is 5. The largest absolute Gasteiger partial charge is 0.506 e. The van der Waals surface area contributed by atoms with E-state index < -0.39 is 15.7 Å². The summed E-state index contributed by atoms with van der Waals surface area (Å²) < 4.78 is 31.8. The van der Waals surface area contributed by atoms with E-state index in [0.29, 0.717) is 22.6 Å². The van der Waals surface area contributed by atoms with Crippen LogP contribution in [0.1, 0.15) is 41.3 Å². The minimum Gasteiger partial charge on any atom is -0.506 e. The van der Waals surface area contributed by atoms with E-state index in [1.54, 1.807) is 55.5 Å². The van der Waals surface area contributed by atoms with Crippen LogP contribution in [0.4, 0.5) is 5.69 Å². The summed E-state index contributed by atoms with van der Waals surface area (Å²) in [6.07, 6.45) is 0. The Morgan fingerprint density at radius 2 is 1.65 bits per heavy atom. The van der Waals surface area contributed by atoms with E-state index in [1.807, 2.05) is 13.8 Å². The number of carbonyl (C=O) groups is 1. The summed E-state index contributed by atoms with van der Waals surface area (Å²) in [7, 11) is -2.47. The number of hydrogen-bond donors (Lipinski definition) is 2. The fourth-order valence-corrected chi connectivity index (χ4v) is 4.95. The van der Waals surface area contributed by atoms with Gasteiger partial charge in [-0.05, 0) is 66.4 Å². The number of aromatic hydroxyl groups is 1. The molecule has 2 N–H and O–H groups in total. The molecule has 31 heavy (non-hydrogen) atoms. The van der Waals surface area contributed by atoms with Gasteiger partial charge in [0.15, 0.2) is 0 Å². The van der Waals surface area contributed by atoms with Gasteiger partial charge >= 0.3 is 0 Å². The van der Waals surface area contributed by atoms with Crippen molar-refractivity contribution in [2.75, 3.05) is 12.4 Å². The zero-order chi connectivity index (χ0) is 22.8. The number of benzene rings is 3. The first-order valence-electron chi connectivity index (χ1n) is 9.78. The molecule has 0 aliphatic carbocycles. The SMILES string of the molecule is COc1ccc(C(=O)Nc2cc(C(C)C)c(O)c(S(=O)(=O)c3ccccc3)c2C)cc1. The maximum absolute atomic E-state index is 13.3. The molecule has 0 bridgehead atoms. The number of ether oxygens (including phenoxy) is 1. The molecule has 0 unspecified atom stereocenters. The van der Waals surface area contributed by atoms with Crippen LogP contribution >= 0.6 is 0 Å². The summed E-state index contributed by atoms with van der Waals surface area (Å²) in [5, 5.41) is 13.7. The van der Waals surface area contributed by atoms with Gasteiger partial charge in [-0.3, -0.25) is 4.79 Å². The monoisotopic (exact) mass is 439 g/mol. The number of anilines is 1. The van der Waals surface area contributed by atoms with Gasteiger partial charge in [-0.1, -0.05) is 32.0 Å². The second-order valence-electron chi connectivity index (χ2n) is 7.47. The molecule has 0 aliphatic rings. The smallest absolute Gasteiger partial charge is 0.255 e. The highest BCUT2D eigenvalue weighted by atomic mass is 32.2. The Morgan fingerprint density at radius 1 is 1.03 bits per heavy atom. The van der Waals surface area contributed by atoms with E-state index in [4.69, 9.17) is 4.74 Å². The van der Waals surface area contributed by atoms with Gasteiger partial charge in [0.25, 0.3) is 5.91 Å². The standard InChI is InChI=1S/C24H25NO5S/c1-15(2)20-14-21(25-24(27)17-10-12-18(30-4)13-11-17)16(3)23(22(20)26)31(28,29)19-8-6-5-7-9-19/h5-15,26H,1-4H3,(H,25,27). The fourth-order valence-electron chi connectivity index (χ4n) is 3.32. The van der Waals surface area contributed by atoms with Crippen LogP contribution in [0.25, 0.3) is 0 Å². The van der Waals surface area contributed by atoms with Gasteiger partial charge in [-0.15, -0.1) is 0 Å². The van der Waals surface area contributed by atoms with Gasteiger partial charge in [-0.25, -0.2) is 8.42 Å². The number of nitrogens with one attached hydrogen (secondary N) is 1. The molecule has 3 aromatic carbocycles. The summed E-state index contributed by atoms with van der Waals surface area (Å²) >= 11 is 0. The van der Waals surface area contributed by atoms with Crippen LogP contribution in [-0.4, -0.2) is 26.5 Å². The predicted molar refractivity (Wildman–Crippen MR) is 120 cm³/mol. The molecular formula is C24H25NO5S. The lowest BCUT2D eigenvalue weighted by Gasteiger charge is -2.20. The van der Waals surface area contributed by atoms with Crippen LogP contribution in [0.15, 0.2) is 70.5 Å². The van der Waals surface area contributed by atoms with Crippen molar-refractivity contribution in [3.8, 4) is 11.5 Å². The molecule has 0 aromatic heterocycles. The number of carbonyl (C=O) groups excluding carboxylic acids is 1. The van der Waals surface area contributed by atoms with Crippen molar-refractivity contribution in [1.29, 1.82) is 0 Å². The highest BCUT2D eigenvalue weighted by Crippen LogP contribution is 2.41. The van der Waals surface area contributed by atoms with Crippen LogP contribution < -0.4 is 10.1 Å². The summed E-state index contributed by atoms with van der Waals surface area (Å²) in [5.41, 5.74) is 1.43. The molecule has 3 aromatic rings. The Hall–Kier alpha value is -3.32. The summed E-state index contributed by atoms with van der Waals surface area (Å²) in [5.74, 6) is -0.231. The average molecular weight is 440 g/mol. The van der Waals surface area contributed by atoms with Crippen LogP contribution in [0, 0.1) is 6.92 Å². The Bertz CT molecular complexity index is 1200. The number of sulfone groups is 1. The maximum atomic E-state index is 13.3. The predicted octanol–water partition coefficient (Wildman–Crippen LogP) is 4.92.